The predicted molar refractivity (Wildman–Crippen MR) is 67.2 cm³/mol. The first-order valence-corrected chi connectivity index (χ1v) is 6.62. The molecule has 2 N–H and O–H groups in total. The van der Waals surface area contributed by atoms with Crippen molar-refractivity contribution in [3.63, 3.8) is 0 Å². The summed E-state index contributed by atoms with van der Waals surface area (Å²) in [7, 11) is 0. The molecule has 0 radical (unpaired) electrons. The minimum Gasteiger partial charge on any atom is -0.328 e. The van der Waals surface area contributed by atoms with E-state index in [0.717, 1.165) is 25.7 Å². The molecule has 1 atom stereocenters. The maximum absolute atomic E-state index is 12.4. The molecule has 0 aliphatic carbocycles. The zero-order chi connectivity index (χ0) is 13.1. The number of imide groups is 1. The van der Waals surface area contributed by atoms with Gasteiger partial charge in [-0.3, -0.25) is 14.5 Å². The molecule has 4 heteroatoms. The van der Waals surface area contributed by atoms with Crippen LogP contribution >= 0.6 is 0 Å². The number of nitrogens with zero attached hydrogens (tertiary/aromatic N) is 1. The minimum atomic E-state index is -0.460. The Labute approximate surface area is 104 Å². The number of rotatable bonds is 6. The van der Waals surface area contributed by atoms with Crippen molar-refractivity contribution >= 4 is 11.8 Å². The van der Waals surface area contributed by atoms with E-state index in [0.29, 0.717) is 13.0 Å². The lowest BCUT2D eigenvalue weighted by Crippen LogP contribution is -2.46. The quantitative estimate of drug-likeness (QED) is 0.718. The largest absolute Gasteiger partial charge is 0.328 e. The smallest absolute Gasteiger partial charge is 0.236 e. The molecule has 17 heavy (non-hydrogen) atoms. The van der Waals surface area contributed by atoms with Crippen LogP contribution in [0.2, 0.25) is 0 Å². The lowest BCUT2D eigenvalue weighted by molar-refractivity contribution is -0.144. The molecule has 1 saturated heterocycles. The van der Waals surface area contributed by atoms with Crippen LogP contribution in [0.15, 0.2) is 0 Å². The van der Waals surface area contributed by atoms with E-state index >= 15 is 0 Å². The number of nitrogens with two attached hydrogens (primary N) is 1. The number of carbonyl (C=O) groups is 2. The lowest BCUT2D eigenvalue weighted by Gasteiger charge is -2.28. The van der Waals surface area contributed by atoms with Crippen LogP contribution in [0.5, 0.6) is 0 Å². The van der Waals surface area contributed by atoms with Crippen LogP contribution < -0.4 is 5.73 Å². The average molecular weight is 240 g/mol. The van der Waals surface area contributed by atoms with Gasteiger partial charge in [0.05, 0.1) is 11.5 Å². The van der Waals surface area contributed by atoms with E-state index in [2.05, 4.69) is 0 Å². The van der Waals surface area contributed by atoms with Crippen molar-refractivity contribution in [2.24, 2.45) is 11.1 Å². The predicted octanol–water partition coefficient (Wildman–Crippen LogP) is 1.68. The molecule has 0 aromatic heterocycles. The van der Waals surface area contributed by atoms with E-state index in [1.165, 1.54) is 4.90 Å². The summed E-state index contributed by atoms with van der Waals surface area (Å²) in [6.45, 7) is 6.38. The highest BCUT2D eigenvalue weighted by Crippen LogP contribution is 2.40. The third kappa shape index (κ3) is 2.37. The lowest BCUT2D eigenvalue weighted by atomic mass is 9.81. The number of hydrogen-bond acceptors (Lipinski definition) is 3. The van der Waals surface area contributed by atoms with Gasteiger partial charge in [0.25, 0.3) is 0 Å². The molecule has 1 fully saturated rings. The molecular weight excluding hydrogens is 216 g/mol. The van der Waals surface area contributed by atoms with Crippen LogP contribution in [0.1, 0.15) is 52.9 Å². The average Bonchev–Trinajstić information content (AvgIpc) is 2.59. The monoisotopic (exact) mass is 240 g/mol. The molecule has 1 aliphatic heterocycles. The summed E-state index contributed by atoms with van der Waals surface area (Å²) in [5.74, 6) is -0.0426. The first-order chi connectivity index (χ1) is 8.06. The van der Waals surface area contributed by atoms with Crippen LogP contribution in [0.3, 0.4) is 0 Å². The Morgan fingerprint density at radius 3 is 2.24 bits per heavy atom. The van der Waals surface area contributed by atoms with Crippen molar-refractivity contribution in [1.82, 2.24) is 4.90 Å². The zero-order valence-electron chi connectivity index (χ0n) is 11.2. The summed E-state index contributed by atoms with van der Waals surface area (Å²) in [5, 5.41) is 0. The third-order valence-electron chi connectivity index (χ3n) is 4.04. The van der Waals surface area contributed by atoms with E-state index in [-0.39, 0.29) is 17.9 Å². The number of amides is 2. The maximum Gasteiger partial charge on any atom is 0.236 e. The molecule has 2 amide bonds. The molecule has 4 nitrogen and oxygen atoms in total. The van der Waals surface area contributed by atoms with E-state index in [1.807, 2.05) is 20.8 Å². The van der Waals surface area contributed by atoms with Crippen molar-refractivity contribution in [3.8, 4) is 0 Å². The Morgan fingerprint density at radius 2 is 1.88 bits per heavy atom. The Balaban J connectivity index is 2.95. The van der Waals surface area contributed by atoms with Gasteiger partial charge in [0.1, 0.15) is 0 Å². The fourth-order valence-electron chi connectivity index (χ4n) is 2.68. The zero-order valence-corrected chi connectivity index (χ0v) is 11.2. The number of carbonyl (C=O) groups excluding carboxylic acids is 2. The minimum absolute atomic E-state index is 0.00333. The molecule has 98 valence electrons. The molecule has 0 saturated carbocycles. The first-order valence-electron chi connectivity index (χ1n) is 6.62. The molecule has 0 bridgehead atoms. The first kappa shape index (κ1) is 14.2. The molecule has 1 rings (SSSR count). The molecule has 1 unspecified atom stereocenters. The van der Waals surface area contributed by atoms with Crippen molar-refractivity contribution in [2.45, 2.75) is 58.9 Å². The number of likely N-dealkylation sites (tertiary alicyclic amines) is 1. The second-order valence-corrected chi connectivity index (χ2v) is 4.91. The van der Waals surface area contributed by atoms with Gasteiger partial charge in [-0.2, -0.15) is 0 Å². The molecule has 1 aliphatic rings. The molecule has 0 spiro atoms. The summed E-state index contributed by atoms with van der Waals surface area (Å²) >= 11 is 0. The summed E-state index contributed by atoms with van der Waals surface area (Å²) in [5.41, 5.74) is 5.23. The van der Waals surface area contributed by atoms with Crippen LogP contribution in [-0.4, -0.2) is 29.3 Å². The van der Waals surface area contributed by atoms with Gasteiger partial charge < -0.3 is 5.73 Å². The van der Waals surface area contributed by atoms with Crippen molar-refractivity contribution in [3.05, 3.63) is 0 Å². The van der Waals surface area contributed by atoms with Crippen molar-refractivity contribution in [1.29, 1.82) is 0 Å². The molecular formula is C13H24N2O2. The summed E-state index contributed by atoms with van der Waals surface area (Å²) in [4.78, 5) is 25.9. The standard InChI is InChI=1S/C13H24N2O2/c1-4-7-10(9-14)15-11(16)8-13(5-2,6-3)12(15)17/h10H,4-9,14H2,1-3H3. The Bertz CT molecular complexity index is 298. The fourth-order valence-corrected chi connectivity index (χ4v) is 2.68. The van der Waals surface area contributed by atoms with Crippen LogP contribution in [0.25, 0.3) is 0 Å². The van der Waals surface area contributed by atoms with Crippen molar-refractivity contribution in [2.75, 3.05) is 6.54 Å². The second-order valence-electron chi connectivity index (χ2n) is 4.91. The summed E-state index contributed by atoms with van der Waals surface area (Å²) in [6, 6.07) is -0.111. The Morgan fingerprint density at radius 1 is 1.29 bits per heavy atom. The SMILES string of the molecule is CCCC(CN)N1C(=O)CC(CC)(CC)C1=O. The number of hydrogen-bond donors (Lipinski definition) is 1. The highest BCUT2D eigenvalue weighted by atomic mass is 16.2. The highest BCUT2D eigenvalue weighted by molar-refractivity contribution is 6.06. The van der Waals surface area contributed by atoms with Gasteiger partial charge in [0.2, 0.25) is 11.8 Å². The van der Waals surface area contributed by atoms with Crippen molar-refractivity contribution < 1.29 is 9.59 Å². The molecule has 0 aromatic carbocycles. The maximum atomic E-state index is 12.4. The highest BCUT2D eigenvalue weighted by Gasteiger charge is 2.50. The van der Waals surface area contributed by atoms with Gasteiger partial charge in [-0.1, -0.05) is 27.2 Å². The molecule has 0 aromatic rings. The van der Waals surface area contributed by atoms with Gasteiger partial charge in [0.15, 0.2) is 0 Å². The summed E-state index contributed by atoms with van der Waals surface area (Å²) < 4.78 is 0. The van der Waals surface area contributed by atoms with E-state index in [9.17, 15) is 9.59 Å². The van der Waals surface area contributed by atoms with Gasteiger partial charge in [-0.15, -0.1) is 0 Å². The Kier molecular flexibility index (Phi) is 4.69. The topological polar surface area (TPSA) is 63.4 Å². The molecule has 1 heterocycles. The van der Waals surface area contributed by atoms with Crippen LogP contribution in [0, 0.1) is 5.41 Å². The Hall–Kier alpha value is -0.900. The summed E-state index contributed by atoms with van der Waals surface area (Å²) in [6.07, 6.45) is 3.56. The van der Waals surface area contributed by atoms with Gasteiger partial charge in [-0.25, -0.2) is 0 Å². The normalized spacial score (nSPS) is 21.1. The second kappa shape index (κ2) is 5.63. The van der Waals surface area contributed by atoms with Gasteiger partial charge >= 0.3 is 0 Å². The van der Waals surface area contributed by atoms with E-state index < -0.39 is 5.41 Å². The van der Waals surface area contributed by atoms with E-state index in [1.54, 1.807) is 0 Å². The van der Waals surface area contributed by atoms with Crippen LogP contribution in [0.4, 0.5) is 0 Å². The fraction of sp³-hybridized carbons (Fsp3) is 0.846. The van der Waals surface area contributed by atoms with Crippen LogP contribution in [-0.2, 0) is 9.59 Å². The van der Waals surface area contributed by atoms with Gasteiger partial charge in [0, 0.05) is 13.0 Å². The van der Waals surface area contributed by atoms with E-state index in [4.69, 9.17) is 5.73 Å². The third-order valence-corrected chi connectivity index (χ3v) is 4.04. The van der Waals surface area contributed by atoms with Gasteiger partial charge in [-0.05, 0) is 19.3 Å².